The number of carbonyl (C=O) groups is 1. The molecule has 0 atom stereocenters. The molecule has 1 aliphatic heterocycles. The van der Waals surface area contributed by atoms with E-state index in [9.17, 15) is 9.59 Å². The average Bonchev–Trinajstić information content (AvgIpc) is 2.57. The fourth-order valence-corrected chi connectivity index (χ4v) is 2.44. The lowest BCUT2D eigenvalue weighted by atomic mass is 10.0. The normalized spacial score (nSPS) is 10.7. The van der Waals surface area contributed by atoms with Gasteiger partial charge in [0.05, 0.1) is 5.69 Å². The van der Waals surface area contributed by atoms with E-state index in [-0.39, 0.29) is 11.3 Å². The zero-order chi connectivity index (χ0) is 16.2. The van der Waals surface area contributed by atoms with E-state index in [1.807, 2.05) is 25.1 Å². The third-order valence-electron chi connectivity index (χ3n) is 3.73. The molecular formula is C18H16N2O3. The average molecular weight is 308 g/mol. The second kappa shape index (κ2) is 6.44. The van der Waals surface area contributed by atoms with Crippen LogP contribution < -0.4 is 10.7 Å². The minimum absolute atomic E-state index is 0.106. The molecule has 1 aromatic rings. The van der Waals surface area contributed by atoms with Gasteiger partial charge in [-0.2, -0.15) is 0 Å². The quantitative estimate of drug-likeness (QED) is 0.803. The van der Waals surface area contributed by atoms with Crippen molar-refractivity contribution in [3.05, 3.63) is 75.6 Å². The number of benzene rings is 2. The van der Waals surface area contributed by atoms with Gasteiger partial charge in [-0.05, 0) is 36.8 Å². The van der Waals surface area contributed by atoms with Crippen molar-refractivity contribution < 1.29 is 9.32 Å². The Labute approximate surface area is 133 Å². The van der Waals surface area contributed by atoms with Crippen LogP contribution in [0, 0.1) is 6.92 Å². The van der Waals surface area contributed by atoms with Crippen molar-refractivity contribution in [3.63, 3.8) is 0 Å². The summed E-state index contributed by atoms with van der Waals surface area (Å²) in [5, 5.41) is 6.91. The molecule has 1 N–H and O–H groups in total. The number of amides is 1. The maximum atomic E-state index is 12.0. The van der Waals surface area contributed by atoms with Crippen molar-refractivity contribution in [1.82, 2.24) is 10.5 Å². The van der Waals surface area contributed by atoms with Crippen molar-refractivity contribution in [2.45, 2.75) is 13.3 Å². The summed E-state index contributed by atoms with van der Waals surface area (Å²) in [7, 11) is 0. The topological polar surface area (TPSA) is 72.2 Å². The van der Waals surface area contributed by atoms with E-state index in [1.165, 1.54) is 12.1 Å². The molecule has 0 saturated heterocycles. The van der Waals surface area contributed by atoms with Crippen LogP contribution >= 0.6 is 0 Å². The zero-order valence-corrected chi connectivity index (χ0v) is 12.7. The first-order valence-corrected chi connectivity index (χ1v) is 7.37. The van der Waals surface area contributed by atoms with Gasteiger partial charge in [-0.25, -0.2) is 0 Å². The van der Waals surface area contributed by atoms with Crippen molar-refractivity contribution >= 4 is 5.91 Å². The van der Waals surface area contributed by atoms with E-state index < -0.39 is 0 Å². The highest BCUT2D eigenvalue weighted by Crippen LogP contribution is 2.24. The van der Waals surface area contributed by atoms with Crippen LogP contribution in [0.3, 0.4) is 0 Å². The molecule has 23 heavy (non-hydrogen) atoms. The van der Waals surface area contributed by atoms with Crippen LogP contribution in [0.4, 0.5) is 0 Å². The maximum Gasteiger partial charge on any atom is 0.251 e. The van der Waals surface area contributed by atoms with E-state index in [1.54, 1.807) is 18.2 Å². The molecule has 5 nitrogen and oxygen atoms in total. The lowest BCUT2D eigenvalue weighted by molar-refractivity contribution is 0.0954. The van der Waals surface area contributed by atoms with Crippen molar-refractivity contribution in [3.8, 4) is 11.3 Å². The fraction of sp³-hybridized carbons (Fsp3) is 0.167. The van der Waals surface area contributed by atoms with Crippen LogP contribution in [0.1, 0.15) is 21.6 Å². The van der Waals surface area contributed by atoms with Gasteiger partial charge < -0.3 is 9.84 Å². The molecule has 1 aromatic carbocycles. The van der Waals surface area contributed by atoms with Crippen LogP contribution in [0.5, 0.6) is 0 Å². The zero-order valence-electron chi connectivity index (χ0n) is 12.7. The molecule has 0 spiro atoms. The number of carbonyl (C=O) groups excluding carboxylic acids is 1. The molecule has 0 bridgehead atoms. The summed E-state index contributed by atoms with van der Waals surface area (Å²) in [6, 6.07) is 13.7. The summed E-state index contributed by atoms with van der Waals surface area (Å²) in [6.07, 6.45) is 0.559. The molecule has 1 amide bonds. The number of aromatic nitrogens is 1. The first-order chi connectivity index (χ1) is 11.1. The van der Waals surface area contributed by atoms with E-state index in [4.69, 9.17) is 4.52 Å². The molecule has 5 heteroatoms. The Balaban J connectivity index is 1.69. The molecule has 0 saturated carbocycles. The predicted molar refractivity (Wildman–Crippen MR) is 86.6 cm³/mol. The standard InChI is InChI=1S/C18H16N2O3/c1-12-15-8-7-14(21)11-17(15)23-20-16(12)9-10-19-18(22)13-5-3-2-4-6-13/h2-8,11H,9-10H2,1H3,(H,19,22). The minimum atomic E-state index is -0.114. The van der Waals surface area contributed by atoms with Gasteiger partial charge in [0.1, 0.15) is 0 Å². The summed E-state index contributed by atoms with van der Waals surface area (Å²) in [6.45, 7) is 2.39. The minimum Gasteiger partial charge on any atom is -0.356 e. The van der Waals surface area contributed by atoms with Gasteiger partial charge >= 0.3 is 0 Å². The Morgan fingerprint density at radius 3 is 2.74 bits per heavy atom. The summed E-state index contributed by atoms with van der Waals surface area (Å²) < 4.78 is 5.28. The number of hydrogen-bond acceptors (Lipinski definition) is 4. The lowest BCUT2D eigenvalue weighted by Crippen LogP contribution is -2.26. The summed E-state index contributed by atoms with van der Waals surface area (Å²) in [5.74, 6) is 0.365. The highest BCUT2D eigenvalue weighted by Gasteiger charge is 2.13. The Kier molecular flexibility index (Phi) is 4.19. The second-order valence-electron chi connectivity index (χ2n) is 5.28. The molecule has 0 unspecified atom stereocenters. The molecule has 116 valence electrons. The number of rotatable bonds is 4. The number of hydrogen-bond donors (Lipinski definition) is 1. The Hall–Kier alpha value is -2.95. The van der Waals surface area contributed by atoms with Gasteiger partial charge in [0.25, 0.3) is 5.91 Å². The van der Waals surface area contributed by atoms with Gasteiger partial charge in [-0.3, -0.25) is 9.59 Å². The fourth-order valence-electron chi connectivity index (χ4n) is 2.44. The largest absolute Gasteiger partial charge is 0.356 e. The smallest absolute Gasteiger partial charge is 0.251 e. The maximum absolute atomic E-state index is 12.0. The Morgan fingerprint density at radius 1 is 1.17 bits per heavy atom. The highest BCUT2D eigenvalue weighted by atomic mass is 16.5. The summed E-state index contributed by atoms with van der Waals surface area (Å²) in [4.78, 5) is 23.3. The van der Waals surface area contributed by atoms with Crippen molar-refractivity contribution in [2.75, 3.05) is 6.54 Å². The van der Waals surface area contributed by atoms with Crippen LogP contribution in [0.2, 0.25) is 0 Å². The first-order valence-electron chi connectivity index (χ1n) is 7.37. The summed E-state index contributed by atoms with van der Waals surface area (Å²) >= 11 is 0. The van der Waals surface area contributed by atoms with Crippen LogP contribution in [-0.4, -0.2) is 17.6 Å². The van der Waals surface area contributed by atoms with Crippen LogP contribution in [0.25, 0.3) is 11.3 Å². The van der Waals surface area contributed by atoms with Crippen molar-refractivity contribution in [2.24, 2.45) is 0 Å². The summed E-state index contributed by atoms with van der Waals surface area (Å²) in [5.41, 5.74) is 3.11. The predicted octanol–water partition coefficient (Wildman–Crippen LogP) is 2.42. The van der Waals surface area contributed by atoms with Crippen molar-refractivity contribution in [1.29, 1.82) is 0 Å². The molecule has 2 aliphatic rings. The highest BCUT2D eigenvalue weighted by molar-refractivity contribution is 5.94. The molecule has 1 aliphatic carbocycles. The molecular weight excluding hydrogens is 292 g/mol. The van der Waals surface area contributed by atoms with E-state index >= 15 is 0 Å². The second-order valence-corrected chi connectivity index (χ2v) is 5.28. The third kappa shape index (κ3) is 3.29. The number of nitrogens with zero attached hydrogens (tertiary/aromatic N) is 1. The van der Waals surface area contributed by atoms with E-state index in [2.05, 4.69) is 10.5 Å². The van der Waals surface area contributed by atoms with E-state index in [0.29, 0.717) is 24.3 Å². The lowest BCUT2D eigenvalue weighted by Gasteiger charge is -2.11. The van der Waals surface area contributed by atoms with Crippen LogP contribution in [-0.2, 0) is 6.42 Å². The molecule has 0 aromatic heterocycles. The Bertz CT molecular complexity index is 856. The van der Waals surface area contributed by atoms with Gasteiger partial charge in [0.2, 0.25) is 0 Å². The van der Waals surface area contributed by atoms with Gasteiger partial charge in [-0.15, -0.1) is 0 Å². The molecule has 3 rings (SSSR count). The molecule has 0 radical (unpaired) electrons. The van der Waals surface area contributed by atoms with Gasteiger partial charge in [0.15, 0.2) is 11.2 Å². The Morgan fingerprint density at radius 2 is 1.96 bits per heavy atom. The SMILES string of the molecule is Cc1c2ccc(=O)cc-2onc1CCNC(=O)c1ccccc1. The molecule has 1 heterocycles. The van der Waals surface area contributed by atoms with Crippen LogP contribution in [0.15, 0.2) is 57.8 Å². The van der Waals surface area contributed by atoms with Gasteiger partial charge in [-0.1, -0.05) is 23.4 Å². The third-order valence-corrected chi connectivity index (χ3v) is 3.73. The van der Waals surface area contributed by atoms with E-state index in [0.717, 1.165) is 16.8 Å². The number of nitrogens with one attached hydrogen (secondary N) is 1. The van der Waals surface area contributed by atoms with Gasteiger partial charge in [0, 0.05) is 30.2 Å². The first kappa shape index (κ1) is 15.0. The molecule has 0 fully saturated rings. The number of fused-ring (bicyclic) bond motifs is 1. The monoisotopic (exact) mass is 308 g/mol.